The minimum absolute atomic E-state index is 0.0512. The number of aromatic carboxylic acids is 1. The lowest BCUT2D eigenvalue weighted by Gasteiger charge is -2.21. The molecular formula is C25H18ClN3O5. The molecule has 4 aromatic rings. The summed E-state index contributed by atoms with van der Waals surface area (Å²) in [5.74, 6) is -1.18. The molecule has 1 aliphatic carbocycles. The van der Waals surface area contributed by atoms with Crippen molar-refractivity contribution in [2.24, 2.45) is 0 Å². The zero-order valence-corrected chi connectivity index (χ0v) is 18.5. The molecule has 0 unspecified atom stereocenters. The second-order valence-electron chi connectivity index (χ2n) is 7.64. The standard InChI is InChI=1S/C25H18ClN3O5/c26-21-12-27-24(28-22(21)23(30)31)29(13-15-6-5-11-33-15)25(32)34-14-20-18-9-3-1-7-16(18)17-8-2-4-10-19(17)20/h1-12,20H,13-14H2,(H,30,31). The Morgan fingerprint density at radius 1 is 1.03 bits per heavy atom. The minimum Gasteiger partial charge on any atom is -0.476 e. The molecule has 0 atom stereocenters. The Morgan fingerprint density at radius 2 is 1.71 bits per heavy atom. The summed E-state index contributed by atoms with van der Waals surface area (Å²) in [5.41, 5.74) is 3.95. The molecule has 5 rings (SSSR count). The van der Waals surface area contributed by atoms with Crippen LogP contribution in [0, 0.1) is 0 Å². The second-order valence-corrected chi connectivity index (χ2v) is 8.05. The number of fused-ring (bicyclic) bond motifs is 3. The first-order chi connectivity index (χ1) is 16.5. The van der Waals surface area contributed by atoms with Gasteiger partial charge in [-0.05, 0) is 34.4 Å². The predicted molar refractivity (Wildman–Crippen MR) is 124 cm³/mol. The first-order valence-electron chi connectivity index (χ1n) is 10.4. The van der Waals surface area contributed by atoms with Crippen molar-refractivity contribution >= 4 is 29.6 Å². The van der Waals surface area contributed by atoms with Gasteiger partial charge in [0.2, 0.25) is 5.95 Å². The minimum atomic E-state index is -1.33. The molecule has 0 spiro atoms. The van der Waals surface area contributed by atoms with Crippen molar-refractivity contribution < 1.29 is 23.8 Å². The van der Waals surface area contributed by atoms with Crippen molar-refractivity contribution in [1.82, 2.24) is 9.97 Å². The van der Waals surface area contributed by atoms with Gasteiger partial charge in [-0.2, -0.15) is 0 Å². The molecule has 2 aromatic carbocycles. The van der Waals surface area contributed by atoms with E-state index in [0.29, 0.717) is 5.76 Å². The van der Waals surface area contributed by atoms with Crippen molar-refractivity contribution in [2.75, 3.05) is 11.5 Å². The smallest absolute Gasteiger partial charge is 0.417 e. The monoisotopic (exact) mass is 475 g/mol. The highest BCUT2D eigenvalue weighted by Crippen LogP contribution is 2.44. The molecule has 0 radical (unpaired) electrons. The maximum Gasteiger partial charge on any atom is 0.417 e. The number of nitrogens with zero attached hydrogens (tertiary/aromatic N) is 3. The number of furan rings is 1. The summed E-state index contributed by atoms with van der Waals surface area (Å²) in [5, 5.41) is 9.23. The maximum absolute atomic E-state index is 13.2. The first kappa shape index (κ1) is 21.7. The van der Waals surface area contributed by atoms with Gasteiger partial charge in [0.05, 0.1) is 24.0 Å². The molecule has 0 fully saturated rings. The average molecular weight is 476 g/mol. The number of anilines is 1. The Morgan fingerprint density at radius 3 is 2.32 bits per heavy atom. The number of hydrogen-bond donors (Lipinski definition) is 1. The normalized spacial score (nSPS) is 12.1. The highest BCUT2D eigenvalue weighted by Gasteiger charge is 2.31. The van der Waals surface area contributed by atoms with Crippen LogP contribution in [-0.4, -0.2) is 33.7 Å². The lowest BCUT2D eigenvalue weighted by atomic mass is 9.98. The van der Waals surface area contributed by atoms with E-state index in [1.165, 1.54) is 6.26 Å². The van der Waals surface area contributed by atoms with Crippen LogP contribution in [0.4, 0.5) is 10.7 Å². The number of amides is 1. The number of halogens is 1. The van der Waals surface area contributed by atoms with E-state index in [4.69, 9.17) is 20.8 Å². The number of aromatic nitrogens is 2. The summed E-state index contributed by atoms with van der Waals surface area (Å²) in [7, 11) is 0. The van der Waals surface area contributed by atoms with Gasteiger partial charge in [-0.3, -0.25) is 0 Å². The van der Waals surface area contributed by atoms with Crippen LogP contribution in [0.25, 0.3) is 11.1 Å². The van der Waals surface area contributed by atoms with Crippen molar-refractivity contribution in [2.45, 2.75) is 12.5 Å². The van der Waals surface area contributed by atoms with Crippen LogP contribution in [0.5, 0.6) is 0 Å². The molecule has 9 heteroatoms. The SMILES string of the molecule is O=C(O)c1nc(N(Cc2ccco2)C(=O)OCC2c3ccccc3-c3ccccc32)ncc1Cl. The zero-order valence-electron chi connectivity index (χ0n) is 17.7. The van der Waals surface area contributed by atoms with Crippen molar-refractivity contribution in [3.63, 3.8) is 0 Å². The Kier molecular flexibility index (Phi) is 5.73. The lowest BCUT2D eigenvalue weighted by Crippen LogP contribution is -2.33. The molecule has 1 N–H and O–H groups in total. The number of benzene rings is 2. The van der Waals surface area contributed by atoms with E-state index in [1.807, 2.05) is 48.5 Å². The zero-order chi connectivity index (χ0) is 23.7. The molecule has 0 saturated heterocycles. The van der Waals surface area contributed by atoms with Crippen LogP contribution in [0.1, 0.15) is 33.3 Å². The third-order valence-electron chi connectivity index (χ3n) is 5.63. The topological polar surface area (TPSA) is 106 Å². The largest absolute Gasteiger partial charge is 0.476 e. The molecule has 2 aromatic heterocycles. The van der Waals surface area contributed by atoms with E-state index in [1.54, 1.807) is 12.1 Å². The molecule has 0 bridgehead atoms. The van der Waals surface area contributed by atoms with E-state index >= 15 is 0 Å². The molecule has 1 amide bonds. The van der Waals surface area contributed by atoms with Gasteiger partial charge < -0.3 is 14.3 Å². The molecule has 8 nitrogen and oxygen atoms in total. The van der Waals surface area contributed by atoms with Crippen molar-refractivity contribution in [3.8, 4) is 11.1 Å². The van der Waals surface area contributed by atoms with Crippen molar-refractivity contribution in [1.29, 1.82) is 0 Å². The summed E-state index contributed by atoms with van der Waals surface area (Å²) >= 11 is 5.90. The average Bonchev–Trinajstić information content (AvgIpc) is 3.47. The Bertz CT molecular complexity index is 1330. The van der Waals surface area contributed by atoms with E-state index in [0.717, 1.165) is 33.4 Å². The number of hydrogen-bond acceptors (Lipinski definition) is 6. The summed E-state index contributed by atoms with van der Waals surface area (Å²) in [6.07, 6.45) is 1.87. The highest BCUT2D eigenvalue weighted by molar-refractivity contribution is 6.33. The third kappa shape index (κ3) is 3.99. The summed E-state index contributed by atoms with van der Waals surface area (Å²) in [6.45, 7) is 0.0330. The van der Waals surface area contributed by atoms with Gasteiger partial charge in [-0.25, -0.2) is 24.5 Å². The summed E-state index contributed by atoms with van der Waals surface area (Å²) in [4.78, 5) is 33.8. The fourth-order valence-corrected chi connectivity index (χ4v) is 4.26. The molecular weight excluding hydrogens is 458 g/mol. The van der Waals surface area contributed by atoms with Crippen LogP contribution < -0.4 is 4.90 Å². The fraction of sp³-hybridized carbons (Fsp3) is 0.120. The van der Waals surface area contributed by atoms with Crippen LogP contribution in [-0.2, 0) is 11.3 Å². The van der Waals surface area contributed by atoms with Crippen molar-refractivity contribution in [3.05, 3.63) is 101 Å². The van der Waals surface area contributed by atoms with Gasteiger partial charge in [0.25, 0.3) is 0 Å². The molecule has 0 saturated carbocycles. The number of carboxylic acids is 1. The predicted octanol–water partition coefficient (Wildman–Crippen LogP) is 5.38. The number of ether oxygens (including phenoxy) is 1. The van der Waals surface area contributed by atoms with Gasteiger partial charge in [0, 0.05) is 5.92 Å². The molecule has 1 aliphatic rings. The number of rotatable bonds is 6. The third-order valence-corrected chi connectivity index (χ3v) is 5.90. The molecule has 170 valence electrons. The second kappa shape index (κ2) is 8.99. The van der Waals surface area contributed by atoms with E-state index < -0.39 is 17.8 Å². The number of carboxylic acid groups (broad SMARTS) is 1. The molecule has 2 heterocycles. The van der Waals surface area contributed by atoms with Gasteiger partial charge in [0.15, 0.2) is 5.69 Å². The quantitative estimate of drug-likeness (QED) is 0.399. The summed E-state index contributed by atoms with van der Waals surface area (Å²) < 4.78 is 11.1. The Labute approximate surface area is 199 Å². The number of carbonyl (C=O) groups is 2. The lowest BCUT2D eigenvalue weighted by molar-refractivity contribution is 0.0690. The van der Waals surface area contributed by atoms with Crippen LogP contribution in [0.3, 0.4) is 0 Å². The van der Waals surface area contributed by atoms with E-state index in [2.05, 4.69) is 9.97 Å². The Hall–Kier alpha value is -4.17. The fourth-order valence-electron chi connectivity index (χ4n) is 4.09. The molecule has 34 heavy (non-hydrogen) atoms. The van der Waals surface area contributed by atoms with E-state index in [-0.39, 0.29) is 30.0 Å². The molecule has 0 aliphatic heterocycles. The van der Waals surface area contributed by atoms with Gasteiger partial charge in [-0.1, -0.05) is 60.1 Å². The van der Waals surface area contributed by atoms with Crippen LogP contribution >= 0.6 is 11.6 Å². The maximum atomic E-state index is 13.2. The highest BCUT2D eigenvalue weighted by atomic mass is 35.5. The first-order valence-corrected chi connectivity index (χ1v) is 10.8. The van der Waals surface area contributed by atoms with E-state index in [9.17, 15) is 14.7 Å². The summed E-state index contributed by atoms with van der Waals surface area (Å²) in [6, 6.07) is 19.4. The number of carbonyl (C=O) groups excluding carboxylic acids is 1. The Balaban J connectivity index is 1.43. The van der Waals surface area contributed by atoms with Crippen LogP contribution in [0.15, 0.2) is 77.5 Å². The van der Waals surface area contributed by atoms with Gasteiger partial charge >= 0.3 is 12.1 Å². The van der Waals surface area contributed by atoms with Crippen LogP contribution in [0.2, 0.25) is 5.02 Å². The van der Waals surface area contributed by atoms with Gasteiger partial charge in [-0.15, -0.1) is 0 Å². The van der Waals surface area contributed by atoms with Gasteiger partial charge in [0.1, 0.15) is 12.4 Å².